The summed E-state index contributed by atoms with van der Waals surface area (Å²) in [6, 6.07) is -0.259. The molecule has 0 aromatic heterocycles. The molecule has 0 radical (unpaired) electrons. The van der Waals surface area contributed by atoms with Crippen LogP contribution < -0.4 is 10.6 Å². The van der Waals surface area contributed by atoms with E-state index in [4.69, 9.17) is 5.11 Å². The topological polar surface area (TPSA) is 98.7 Å². The number of aliphatic carboxylic acids is 1. The van der Waals surface area contributed by atoms with Gasteiger partial charge in [0.1, 0.15) is 0 Å². The summed E-state index contributed by atoms with van der Waals surface area (Å²) in [6.45, 7) is 3.63. The smallest absolute Gasteiger partial charge is 0.317 e. The summed E-state index contributed by atoms with van der Waals surface area (Å²) in [6.07, 6.45) is 2.41. The van der Waals surface area contributed by atoms with E-state index in [0.717, 1.165) is 6.42 Å². The fourth-order valence-corrected chi connectivity index (χ4v) is 2.18. The third-order valence-electron chi connectivity index (χ3n) is 3.34. The van der Waals surface area contributed by atoms with Gasteiger partial charge in [-0.05, 0) is 25.2 Å². The maximum Gasteiger partial charge on any atom is 0.317 e. The van der Waals surface area contributed by atoms with E-state index in [2.05, 4.69) is 10.6 Å². The molecule has 0 aliphatic carbocycles. The number of nitrogens with zero attached hydrogens (tertiary/aromatic N) is 1. The van der Waals surface area contributed by atoms with E-state index in [1.165, 1.54) is 0 Å². The highest BCUT2D eigenvalue weighted by atomic mass is 16.4. The molecule has 1 aliphatic heterocycles. The molecule has 1 saturated heterocycles. The molecule has 0 aromatic rings. The molecule has 3 amide bonds. The fraction of sp³-hybridized carbons (Fsp3) is 0.769. The first-order valence-electron chi connectivity index (χ1n) is 7.04. The summed E-state index contributed by atoms with van der Waals surface area (Å²) in [5.41, 5.74) is 0. The molecule has 20 heavy (non-hydrogen) atoms. The SMILES string of the molecule is CCCNC(=O)CNC(=O)N1CCC(CC(=O)O)CC1. The van der Waals surface area contributed by atoms with Crippen LogP contribution in [0.15, 0.2) is 0 Å². The Morgan fingerprint density at radius 3 is 2.40 bits per heavy atom. The molecule has 0 bridgehead atoms. The second-order valence-electron chi connectivity index (χ2n) is 5.04. The zero-order chi connectivity index (χ0) is 15.0. The summed E-state index contributed by atoms with van der Waals surface area (Å²) in [7, 11) is 0. The predicted molar refractivity (Wildman–Crippen MR) is 73.2 cm³/mol. The van der Waals surface area contributed by atoms with Crippen LogP contribution in [0.25, 0.3) is 0 Å². The Labute approximate surface area is 118 Å². The molecule has 0 unspecified atom stereocenters. The number of nitrogens with one attached hydrogen (secondary N) is 2. The molecule has 1 fully saturated rings. The van der Waals surface area contributed by atoms with Crippen LogP contribution in [0, 0.1) is 5.92 Å². The Kier molecular flexibility index (Phi) is 6.83. The van der Waals surface area contributed by atoms with Crippen molar-refractivity contribution in [2.75, 3.05) is 26.2 Å². The van der Waals surface area contributed by atoms with Crippen LogP contribution in [0.5, 0.6) is 0 Å². The van der Waals surface area contributed by atoms with E-state index in [0.29, 0.717) is 32.5 Å². The van der Waals surface area contributed by atoms with Crippen molar-refractivity contribution in [1.29, 1.82) is 0 Å². The maximum atomic E-state index is 11.8. The third-order valence-corrected chi connectivity index (χ3v) is 3.34. The predicted octanol–water partition coefficient (Wildman–Crippen LogP) is 0.409. The molecule has 7 heteroatoms. The van der Waals surface area contributed by atoms with Crippen molar-refractivity contribution in [1.82, 2.24) is 15.5 Å². The summed E-state index contributed by atoms with van der Waals surface area (Å²) in [5.74, 6) is -0.842. The van der Waals surface area contributed by atoms with Gasteiger partial charge in [-0.3, -0.25) is 9.59 Å². The number of carbonyl (C=O) groups excluding carboxylic acids is 2. The molecule has 0 saturated carbocycles. The number of rotatable bonds is 6. The van der Waals surface area contributed by atoms with Gasteiger partial charge in [0.05, 0.1) is 6.54 Å². The van der Waals surface area contributed by atoms with Crippen molar-refractivity contribution >= 4 is 17.9 Å². The van der Waals surface area contributed by atoms with Gasteiger partial charge >= 0.3 is 12.0 Å². The van der Waals surface area contributed by atoms with Crippen molar-refractivity contribution < 1.29 is 19.5 Å². The Morgan fingerprint density at radius 1 is 1.20 bits per heavy atom. The summed E-state index contributed by atoms with van der Waals surface area (Å²) in [5, 5.41) is 14.0. The minimum atomic E-state index is -0.791. The summed E-state index contributed by atoms with van der Waals surface area (Å²) in [4.78, 5) is 35.4. The van der Waals surface area contributed by atoms with Gasteiger partial charge in [0.2, 0.25) is 5.91 Å². The summed E-state index contributed by atoms with van der Waals surface area (Å²) >= 11 is 0. The van der Waals surface area contributed by atoms with Gasteiger partial charge in [-0.15, -0.1) is 0 Å². The molecule has 1 heterocycles. The number of likely N-dealkylation sites (tertiary alicyclic amines) is 1. The minimum absolute atomic E-state index is 0.0200. The number of carbonyl (C=O) groups is 3. The summed E-state index contributed by atoms with van der Waals surface area (Å²) < 4.78 is 0. The molecule has 0 atom stereocenters. The van der Waals surface area contributed by atoms with Crippen LogP contribution in [-0.2, 0) is 9.59 Å². The van der Waals surface area contributed by atoms with E-state index < -0.39 is 5.97 Å². The van der Waals surface area contributed by atoms with E-state index >= 15 is 0 Å². The standard InChI is InChI=1S/C13H23N3O4/c1-2-5-14-11(17)9-15-13(20)16-6-3-10(4-7-16)8-12(18)19/h10H,2-9H2,1H3,(H,14,17)(H,15,20)(H,18,19). The number of carboxylic acid groups (broad SMARTS) is 1. The van der Waals surface area contributed by atoms with Crippen molar-refractivity contribution in [2.24, 2.45) is 5.92 Å². The zero-order valence-corrected chi connectivity index (χ0v) is 11.9. The normalized spacial score (nSPS) is 15.8. The molecule has 1 rings (SSSR count). The fourth-order valence-electron chi connectivity index (χ4n) is 2.18. The Bertz CT molecular complexity index is 352. The maximum absolute atomic E-state index is 11.8. The second-order valence-corrected chi connectivity index (χ2v) is 5.04. The molecule has 7 nitrogen and oxygen atoms in total. The minimum Gasteiger partial charge on any atom is -0.481 e. The Morgan fingerprint density at radius 2 is 1.85 bits per heavy atom. The van der Waals surface area contributed by atoms with Gasteiger partial charge in [0.15, 0.2) is 0 Å². The largest absolute Gasteiger partial charge is 0.481 e. The van der Waals surface area contributed by atoms with Gasteiger partial charge in [-0.1, -0.05) is 6.92 Å². The van der Waals surface area contributed by atoms with Gasteiger partial charge in [-0.25, -0.2) is 4.79 Å². The quantitative estimate of drug-likeness (QED) is 0.658. The van der Waals surface area contributed by atoms with Gasteiger partial charge in [0, 0.05) is 26.1 Å². The van der Waals surface area contributed by atoms with Crippen LogP contribution in [0.1, 0.15) is 32.6 Å². The second kappa shape index (κ2) is 8.39. The Hall–Kier alpha value is -1.79. The first-order valence-corrected chi connectivity index (χ1v) is 7.04. The molecule has 0 aromatic carbocycles. The van der Waals surface area contributed by atoms with Crippen LogP contribution in [0.2, 0.25) is 0 Å². The molecule has 0 spiro atoms. The number of piperidine rings is 1. The van der Waals surface area contributed by atoms with Gasteiger partial charge in [-0.2, -0.15) is 0 Å². The van der Waals surface area contributed by atoms with Crippen LogP contribution in [-0.4, -0.2) is 54.1 Å². The monoisotopic (exact) mass is 285 g/mol. The number of hydrogen-bond acceptors (Lipinski definition) is 3. The molecule has 3 N–H and O–H groups in total. The van der Waals surface area contributed by atoms with Crippen molar-refractivity contribution in [3.8, 4) is 0 Å². The third kappa shape index (κ3) is 5.90. The highest BCUT2D eigenvalue weighted by molar-refractivity contribution is 5.83. The highest BCUT2D eigenvalue weighted by Crippen LogP contribution is 2.20. The lowest BCUT2D eigenvalue weighted by Gasteiger charge is -2.31. The molecular formula is C13H23N3O4. The van der Waals surface area contributed by atoms with E-state index in [1.54, 1.807) is 4.90 Å². The lowest BCUT2D eigenvalue weighted by molar-refractivity contribution is -0.138. The van der Waals surface area contributed by atoms with Crippen LogP contribution in [0.3, 0.4) is 0 Å². The first kappa shape index (κ1) is 16.3. The van der Waals surface area contributed by atoms with E-state index in [1.807, 2.05) is 6.92 Å². The average Bonchev–Trinajstić information content (AvgIpc) is 2.42. The highest BCUT2D eigenvalue weighted by Gasteiger charge is 2.24. The van der Waals surface area contributed by atoms with Crippen LogP contribution >= 0.6 is 0 Å². The lowest BCUT2D eigenvalue weighted by Crippen LogP contribution is -2.47. The van der Waals surface area contributed by atoms with Crippen molar-refractivity contribution in [2.45, 2.75) is 32.6 Å². The van der Waals surface area contributed by atoms with Crippen molar-refractivity contribution in [3.63, 3.8) is 0 Å². The Balaban J connectivity index is 2.22. The van der Waals surface area contributed by atoms with Gasteiger partial charge in [0.25, 0.3) is 0 Å². The molecule has 1 aliphatic rings. The van der Waals surface area contributed by atoms with E-state index in [-0.39, 0.29) is 30.8 Å². The van der Waals surface area contributed by atoms with E-state index in [9.17, 15) is 14.4 Å². The molecule has 114 valence electrons. The number of urea groups is 1. The number of hydrogen-bond donors (Lipinski definition) is 3. The van der Waals surface area contributed by atoms with Crippen molar-refractivity contribution in [3.05, 3.63) is 0 Å². The number of amides is 3. The zero-order valence-electron chi connectivity index (χ0n) is 11.9. The first-order chi connectivity index (χ1) is 9.52. The molecular weight excluding hydrogens is 262 g/mol. The van der Waals surface area contributed by atoms with Gasteiger partial charge < -0.3 is 20.6 Å². The lowest BCUT2D eigenvalue weighted by atomic mass is 9.94. The number of carboxylic acids is 1. The average molecular weight is 285 g/mol. The van der Waals surface area contributed by atoms with Crippen LogP contribution in [0.4, 0.5) is 4.79 Å².